The first-order valence-electron chi connectivity index (χ1n) is 12.4. The number of hydrogen-bond donors (Lipinski definition) is 0. The van der Waals surface area contributed by atoms with E-state index in [0.29, 0.717) is 6.54 Å². The number of benzene rings is 1. The number of rotatable bonds is 3. The van der Waals surface area contributed by atoms with Gasteiger partial charge in [-0.2, -0.15) is 0 Å². The fourth-order valence-corrected chi connectivity index (χ4v) is 4.57. The minimum atomic E-state index is 0.289. The van der Waals surface area contributed by atoms with E-state index in [2.05, 4.69) is 73.6 Å². The number of nitrogens with zero attached hydrogens (tertiary/aromatic N) is 4. The highest BCUT2D eigenvalue weighted by Gasteiger charge is 2.26. The lowest BCUT2D eigenvalue weighted by atomic mass is 9.99. The van der Waals surface area contributed by atoms with Crippen molar-refractivity contribution in [3.8, 4) is 5.00 Å². The predicted octanol–water partition coefficient (Wildman–Crippen LogP) is 7.73. The lowest BCUT2D eigenvalue weighted by Crippen LogP contribution is -2.07. The van der Waals surface area contributed by atoms with E-state index in [0.717, 1.165) is 35.8 Å². The molecule has 0 saturated heterocycles. The Kier molecular flexibility index (Phi) is 12.7. The molecule has 186 valence electrons. The van der Waals surface area contributed by atoms with Gasteiger partial charge in [0.25, 0.3) is 0 Å². The predicted molar refractivity (Wildman–Crippen MR) is 147 cm³/mol. The molecule has 5 nitrogen and oxygen atoms in total. The van der Waals surface area contributed by atoms with Crippen molar-refractivity contribution >= 4 is 22.8 Å². The average Bonchev–Trinajstić information content (AvgIpc) is 3.25. The Hall–Kier alpha value is -2.60. The van der Waals surface area contributed by atoms with Crippen molar-refractivity contribution in [3.63, 3.8) is 0 Å². The number of hydrogen-bond acceptors (Lipinski definition) is 5. The number of Topliss-reactive ketones (excluding diaryl/α,β-unsaturated/α-hetero) is 1. The Balaban J connectivity index is 0.000000448. The number of carbonyl (C=O) groups excluding carboxylic acids is 1. The van der Waals surface area contributed by atoms with Gasteiger partial charge in [-0.15, -0.1) is 21.5 Å². The summed E-state index contributed by atoms with van der Waals surface area (Å²) in [4.78, 5) is 16.3. The van der Waals surface area contributed by atoms with E-state index in [-0.39, 0.29) is 5.78 Å². The first-order chi connectivity index (χ1) is 16.2. The Labute approximate surface area is 210 Å². The van der Waals surface area contributed by atoms with Gasteiger partial charge in [-0.05, 0) is 46.6 Å². The third-order valence-corrected chi connectivity index (χ3v) is 6.20. The first-order valence-corrected chi connectivity index (χ1v) is 13.2. The van der Waals surface area contributed by atoms with Crippen molar-refractivity contribution in [1.82, 2.24) is 14.8 Å². The molecule has 0 radical (unpaired) electrons. The molecule has 1 aliphatic rings. The van der Waals surface area contributed by atoms with Gasteiger partial charge in [0, 0.05) is 22.4 Å². The SMILES string of the molecule is CC.CCC.CCCC(C)=O.Cc1ccc(C2=NCc3nnc(C)n3-c3sc(C)c(C)c32)cc1. The van der Waals surface area contributed by atoms with Crippen molar-refractivity contribution < 1.29 is 4.79 Å². The van der Waals surface area contributed by atoms with E-state index in [9.17, 15) is 4.79 Å². The van der Waals surface area contributed by atoms with E-state index in [1.165, 1.54) is 33.0 Å². The molecule has 0 bridgehead atoms. The van der Waals surface area contributed by atoms with Gasteiger partial charge in [-0.3, -0.25) is 9.56 Å². The molecule has 0 amide bonds. The Morgan fingerprint density at radius 2 is 1.59 bits per heavy atom. The summed E-state index contributed by atoms with van der Waals surface area (Å²) in [7, 11) is 0. The molecule has 2 aromatic heterocycles. The van der Waals surface area contributed by atoms with Gasteiger partial charge in [0.1, 0.15) is 23.2 Å². The highest BCUT2D eigenvalue weighted by Crippen LogP contribution is 2.36. The maximum Gasteiger partial charge on any atom is 0.160 e. The van der Waals surface area contributed by atoms with Crippen LogP contribution in [-0.4, -0.2) is 26.3 Å². The van der Waals surface area contributed by atoms with Crippen LogP contribution in [0.5, 0.6) is 0 Å². The minimum Gasteiger partial charge on any atom is -0.300 e. The van der Waals surface area contributed by atoms with Crippen LogP contribution in [0.4, 0.5) is 0 Å². The number of fused-ring (bicyclic) bond motifs is 3. The third kappa shape index (κ3) is 7.45. The van der Waals surface area contributed by atoms with Gasteiger partial charge >= 0.3 is 0 Å². The lowest BCUT2D eigenvalue weighted by Gasteiger charge is -2.09. The van der Waals surface area contributed by atoms with Crippen molar-refractivity contribution in [3.05, 3.63) is 63.0 Å². The van der Waals surface area contributed by atoms with Crippen molar-refractivity contribution in [2.75, 3.05) is 0 Å². The molecule has 0 atom stereocenters. The number of thiophene rings is 1. The van der Waals surface area contributed by atoms with Gasteiger partial charge in [0.2, 0.25) is 0 Å². The van der Waals surface area contributed by atoms with E-state index in [1.54, 1.807) is 18.3 Å². The molecule has 1 aliphatic heterocycles. The van der Waals surface area contributed by atoms with Crippen molar-refractivity contribution in [2.45, 2.75) is 95.0 Å². The van der Waals surface area contributed by atoms with Crippen LogP contribution >= 0.6 is 11.3 Å². The average molecular weight is 483 g/mol. The lowest BCUT2D eigenvalue weighted by molar-refractivity contribution is -0.117. The maximum absolute atomic E-state index is 10.0. The maximum atomic E-state index is 10.0. The smallest absolute Gasteiger partial charge is 0.160 e. The summed E-state index contributed by atoms with van der Waals surface area (Å²) < 4.78 is 2.16. The fraction of sp³-hybridized carbons (Fsp3) is 0.500. The minimum absolute atomic E-state index is 0.289. The van der Waals surface area contributed by atoms with Crippen LogP contribution in [0.2, 0.25) is 0 Å². The summed E-state index contributed by atoms with van der Waals surface area (Å²) in [5, 5.41) is 9.74. The van der Waals surface area contributed by atoms with Gasteiger partial charge in [0.15, 0.2) is 5.82 Å². The molecule has 0 saturated carbocycles. The standard InChI is InChI=1S/C18H18N4S.C5H10O.C3H8.C2H6/c1-10-5-7-14(8-6-10)17-16-11(2)12(3)23-18(16)22-13(4)20-21-15(22)9-19-17;1-3-4-5(2)6;1-3-2;1-2/h5-8H,9H2,1-4H3;3-4H2,1-2H3;3H2,1-2H3;1-2H3. The molecular formula is C28H42N4OS. The van der Waals surface area contributed by atoms with Crippen LogP contribution in [0.15, 0.2) is 29.3 Å². The second-order valence-electron chi connectivity index (χ2n) is 8.15. The van der Waals surface area contributed by atoms with Crippen LogP contribution in [-0.2, 0) is 11.3 Å². The summed E-state index contributed by atoms with van der Waals surface area (Å²) in [5.41, 5.74) is 6.00. The van der Waals surface area contributed by atoms with E-state index < -0.39 is 0 Å². The van der Waals surface area contributed by atoms with E-state index in [1.807, 2.05) is 27.7 Å². The fourth-order valence-electron chi connectivity index (χ4n) is 3.35. The Morgan fingerprint density at radius 1 is 1.00 bits per heavy atom. The van der Waals surface area contributed by atoms with Crippen molar-refractivity contribution in [2.24, 2.45) is 4.99 Å². The summed E-state index contributed by atoms with van der Waals surface area (Å²) in [6.07, 6.45) is 2.97. The number of aliphatic imine (C=N–C) groups is 1. The molecule has 0 N–H and O–H groups in total. The number of aromatic nitrogens is 3. The van der Waals surface area contributed by atoms with Crippen molar-refractivity contribution in [1.29, 1.82) is 0 Å². The zero-order chi connectivity index (χ0) is 25.8. The second kappa shape index (κ2) is 14.6. The van der Waals surface area contributed by atoms with Gasteiger partial charge in [0.05, 0.1) is 5.71 Å². The quantitative estimate of drug-likeness (QED) is 0.384. The highest BCUT2D eigenvalue weighted by molar-refractivity contribution is 7.15. The summed E-state index contributed by atoms with van der Waals surface area (Å²) >= 11 is 1.80. The number of ketones is 1. The molecule has 0 fully saturated rings. The van der Waals surface area contributed by atoms with Gasteiger partial charge in [-0.25, -0.2) is 0 Å². The molecule has 0 spiro atoms. The Morgan fingerprint density at radius 3 is 2.09 bits per heavy atom. The molecule has 0 aliphatic carbocycles. The molecule has 4 rings (SSSR count). The third-order valence-electron chi connectivity index (χ3n) is 5.00. The van der Waals surface area contributed by atoms with E-state index >= 15 is 0 Å². The summed E-state index contributed by atoms with van der Waals surface area (Å²) in [6.45, 7) is 20.9. The molecule has 0 unspecified atom stereocenters. The molecule has 3 aromatic rings. The largest absolute Gasteiger partial charge is 0.300 e. The van der Waals surface area contributed by atoms with Crippen LogP contribution in [0.1, 0.15) is 99.6 Å². The molecule has 6 heteroatoms. The molecule has 34 heavy (non-hydrogen) atoms. The van der Waals surface area contributed by atoms with Gasteiger partial charge in [-0.1, -0.05) is 70.9 Å². The second-order valence-corrected chi connectivity index (χ2v) is 9.36. The highest BCUT2D eigenvalue weighted by atomic mass is 32.1. The zero-order valence-corrected chi connectivity index (χ0v) is 23.6. The number of aryl methyl sites for hydroxylation is 3. The summed E-state index contributed by atoms with van der Waals surface area (Å²) in [5.74, 6) is 2.12. The zero-order valence-electron chi connectivity index (χ0n) is 22.7. The molecule has 1 aromatic carbocycles. The molecule has 3 heterocycles. The number of carbonyl (C=O) groups is 1. The normalized spacial score (nSPS) is 11.2. The van der Waals surface area contributed by atoms with Crippen LogP contribution < -0.4 is 0 Å². The molecular weight excluding hydrogens is 440 g/mol. The van der Waals surface area contributed by atoms with Crippen LogP contribution in [0.3, 0.4) is 0 Å². The monoisotopic (exact) mass is 482 g/mol. The van der Waals surface area contributed by atoms with Gasteiger partial charge < -0.3 is 4.79 Å². The van der Waals surface area contributed by atoms with Crippen LogP contribution in [0, 0.1) is 27.7 Å². The topological polar surface area (TPSA) is 60.1 Å². The summed E-state index contributed by atoms with van der Waals surface area (Å²) in [6, 6.07) is 8.60. The Bertz CT molecular complexity index is 1070. The van der Waals surface area contributed by atoms with E-state index in [4.69, 9.17) is 4.99 Å². The van der Waals surface area contributed by atoms with Crippen LogP contribution in [0.25, 0.3) is 5.00 Å². The first kappa shape index (κ1) is 29.4.